The smallest absolute Gasteiger partial charge is 0.266 e. The van der Waals surface area contributed by atoms with Crippen molar-refractivity contribution in [2.24, 2.45) is 0 Å². The second-order valence-corrected chi connectivity index (χ2v) is 3.57. The lowest BCUT2D eigenvalue weighted by Gasteiger charge is -2.01. The zero-order valence-corrected chi connectivity index (χ0v) is 9.77. The van der Waals surface area contributed by atoms with E-state index in [1.165, 1.54) is 13.0 Å². The summed E-state index contributed by atoms with van der Waals surface area (Å²) in [7, 11) is 0. The van der Waals surface area contributed by atoms with Crippen LogP contribution in [0.25, 0.3) is 0 Å². The predicted molar refractivity (Wildman–Crippen MR) is 61.5 cm³/mol. The Morgan fingerprint density at radius 2 is 2.17 bits per heavy atom. The Bertz CT molecular complexity index is 489. The molecule has 0 spiro atoms. The molecule has 96 valence electrons. The molecule has 1 aromatic carbocycles. The Labute approximate surface area is 103 Å². The van der Waals surface area contributed by atoms with E-state index in [0.717, 1.165) is 12.1 Å². The van der Waals surface area contributed by atoms with E-state index in [-0.39, 0.29) is 5.91 Å². The van der Waals surface area contributed by atoms with Crippen LogP contribution in [0.2, 0.25) is 0 Å². The van der Waals surface area contributed by atoms with Crippen molar-refractivity contribution >= 4 is 5.91 Å². The lowest BCUT2D eigenvalue weighted by atomic mass is 10.1. The number of alkyl halides is 2. The first-order valence-corrected chi connectivity index (χ1v) is 5.31. The molecule has 0 aliphatic heterocycles. The molecule has 0 saturated heterocycles. The Morgan fingerprint density at radius 1 is 1.44 bits per heavy atom. The average Bonchev–Trinajstić information content (AvgIpc) is 2.27. The summed E-state index contributed by atoms with van der Waals surface area (Å²) in [5.74, 6) is 4.24. The second-order valence-electron chi connectivity index (χ2n) is 3.57. The maximum atomic E-state index is 13.2. The molecular formula is C13H12F3NO. The van der Waals surface area contributed by atoms with Gasteiger partial charge in [0.1, 0.15) is 5.82 Å². The van der Waals surface area contributed by atoms with Crippen molar-refractivity contribution in [3.8, 4) is 11.8 Å². The summed E-state index contributed by atoms with van der Waals surface area (Å²) in [6.45, 7) is 1.80. The van der Waals surface area contributed by atoms with E-state index in [1.54, 1.807) is 0 Å². The van der Waals surface area contributed by atoms with E-state index in [2.05, 4.69) is 17.2 Å². The molecule has 0 radical (unpaired) electrons. The summed E-state index contributed by atoms with van der Waals surface area (Å²) >= 11 is 0. The largest absolute Gasteiger partial charge is 0.355 e. The minimum Gasteiger partial charge on any atom is -0.355 e. The summed E-state index contributed by atoms with van der Waals surface area (Å²) in [6, 6.07) is 3.35. The molecular weight excluding hydrogens is 243 g/mol. The summed E-state index contributed by atoms with van der Waals surface area (Å²) in [5, 5.41) is 2.55. The molecule has 0 bridgehead atoms. The van der Waals surface area contributed by atoms with E-state index < -0.39 is 17.8 Å². The molecule has 5 heteroatoms. The van der Waals surface area contributed by atoms with Gasteiger partial charge < -0.3 is 5.32 Å². The quantitative estimate of drug-likeness (QED) is 0.653. The first kappa shape index (κ1) is 14.1. The zero-order chi connectivity index (χ0) is 13.5. The highest BCUT2D eigenvalue weighted by molar-refractivity contribution is 5.72. The molecule has 0 aliphatic rings. The number of rotatable bonds is 3. The fourth-order valence-corrected chi connectivity index (χ4v) is 1.25. The molecule has 1 rings (SSSR count). The van der Waals surface area contributed by atoms with E-state index in [9.17, 15) is 18.0 Å². The fourth-order valence-electron chi connectivity index (χ4n) is 1.25. The van der Waals surface area contributed by atoms with E-state index >= 15 is 0 Å². The monoisotopic (exact) mass is 255 g/mol. The SMILES string of the molecule is CC(=O)NCCC#Cc1ccc(C(F)F)c(F)c1. The van der Waals surface area contributed by atoms with Crippen molar-refractivity contribution in [3.05, 3.63) is 35.1 Å². The molecule has 0 aromatic heterocycles. The van der Waals surface area contributed by atoms with Crippen LogP contribution in [0.5, 0.6) is 0 Å². The number of benzene rings is 1. The lowest BCUT2D eigenvalue weighted by Crippen LogP contribution is -2.20. The minimum atomic E-state index is -2.83. The summed E-state index contributed by atoms with van der Waals surface area (Å²) in [5.41, 5.74) is -0.293. The highest BCUT2D eigenvalue weighted by atomic mass is 19.3. The highest BCUT2D eigenvalue weighted by Crippen LogP contribution is 2.22. The number of carbonyl (C=O) groups is 1. The minimum absolute atomic E-state index is 0.149. The predicted octanol–water partition coefficient (Wildman–Crippen LogP) is 2.64. The molecule has 1 N–H and O–H groups in total. The number of hydrogen-bond acceptors (Lipinski definition) is 1. The number of amides is 1. The van der Waals surface area contributed by atoms with Crippen molar-refractivity contribution in [1.82, 2.24) is 5.32 Å². The van der Waals surface area contributed by atoms with Gasteiger partial charge in [-0.3, -0.25) is 4.79 Å². The average molecular weight is 255 g/mol. The maximum absolute atomic E-state index is 13.2. The summed E-state index contributed by atoms with van der Waals surface area (Å²) < 4.78 is 37.7. The van der Waals surface area contributed by atoms with E-state index in [0.29, 0.717) is 18.5 Å². The molecule has 1 aromatic rings. The number of carbonyl (C=O) groups excluding carboxylic acids is 1. The van der Waals surface area contributed by atoms with Gasteiger partial charge in [-0.25, -0.2) is 13.2 Å². The first-order chi connectivity index (χ1) is 8.50. The van der Waals surface area contributed by atoms with Crippen molar-refractivity contribution in [3.63, 3.8) is 0 Å². The van der Waals surface area contributed by atoms with Gasteiger partial charge in [-0.05, 0) is 18.2 Å². The van der Waals surface area contributed by atoms with Gasteiger partial charge in [-0.2, -0.15) is 0 Å². The van der Waals surface area contributed by atoms with Gasteiger partial charge in [0.25, 0.3) is 6.43 Å². The first-order valence-electron chi connectivity index (χ1n) is 5.31. The van der Waals surface area contributed by atoms with Crippen molar-refractivity contribution in [2.45, 2.75) is 19.8 Å². The summed E-state index contributed by atoms with van der Waals surface area (Å²) in [4.78, 5) is 10.5. The number of nitrogens with one attached hydrogen (secondary N) is 1. The third-order valence-electron chi connectivity index (χ3n) is 2.09. The van der Waals surface area contributed by atoms with Crippen molar-refractivity contribution in [2.75, 3.05) is 6.54 Å². The normalized spacial score (nSPS) is 9.83. The topological polar surface area (TPSA) is 29.1 Å². The second kappa shape index (κ2) is 6.70. The van der Waals surface area contributed by atoms with Gasteiger partial charge in [0.05, 0.1) is 5.56 Å². The van der Waals surface area contributed by atoms with E-state index in [4.69, 9.17) is 0 Å². The van der Waals surface area contributed by atoms with Crippen LogP contribution < -0.4 is 5.32 Å². The van der Waals surface area contributed by atoms with Crippen LogP contribution in [0.3, 0.4) is 0 Å². The molecule has 0 atom stereocenters. The Balaban J connectivity index is 2.61. The van der Waals surface area contributed by atoms with Gasteiger partial charge in [-0.1, -0.05) is 11.8 Å². The lowest BCUT2D eigenvalue weighted by molar-refractivity contribution is -0.118. The molecule has 0 heterocycles. The number of hydrogen-bond donors (Lipinski definition) is 1. The van der Waals surface area contributed by atoms with Crippen molar-refractivity contribution in [1.29, 1.82) is 0 Å². The van der Waals surface area contributed by atoms with Gasteiger partial charge in [0, 0.05) is 25.5 Å². The zero-order valence-electron chi connectivity index (χ0n) is 9.77. The third kappa shape index (κ3) is 4.50. The molecule has 0 unspecified atom stereocenters. The molecule has 0 saturated carbocycles. The Hall–Kier alpha value is -1.96. The van der Waals surface area contributed by atoms with Crippen LogP contribution in [0, 0.1) is 17.7 Å². The fraction of sp³-hybridized carbons (Fsp3) is 0.308. The van der Waals surface area contributed by atoms with Crippen LogP contribution in [0.1, 0.15) is 30.9 Å². The molecule has 0 fully saturated rings. The van der Waals surface area contributed by atoms with Crippen LogP contribution in [-0.4, -0.2) is 12.5 Å². The third-order valence-corrected chi connectivity index (χ3v) is 2.09. The van der Waals surface area contributed by atoms with Gasteiger partial charge in [0.15, 0.2) is 0 Å². The molecule has 1 amide bonds. The highest BCUT2D eigenvalue weighted by Gasteiger charge is 2.12. The van der Waals surface area contributed by atoms with Crippen molar-refractivity contribution < 1.29 is 18.0 Å². The van der Waals surface area contributed by atoms with Crippen LogP contribution in [0.15, 0.2) is 18.2 Å². The van der Waals surface area contributed by atoms with Crippen LogP contribution in [0.4, 0.5) is 13.2 Å². The van der Waals surface area contributed by atoms with E-state index in [1.807, 2.05) is 0 Å². The maximum Gasteiger partial charge on any atom is 0.266 e. The molecule has 2 nitrogen and oxygen atoms in total. The summed E-state index contributed by atoms with van der Waals surface area (Å²) in [6.07, 6.45) is -2.41. The van der Waals surface area contributed by atoms with Crippen LogP contribution in [-0.2, 0) is 4.79 Å². The molecule has 18 heavy (non-hydrogen) atoms. The van der Waals surface area contributed by atoms with Crippen LogP contribution >= 0.6 is 0 Å². The van der Waals surface area contributed by atoms with Gasteiger partial charge in [-0.15, -0.1) is 0 Å². The Kier molecular flexibility index (Phi) is 5.25. The standard InChI is InChI=1S/C13H12F3NO/c1-9(18)17-7-3-2-4-10-5-6-11(13(15)16)12(14)8-10/h5-6,8,13H,3,7H2,1H3,(H,17,18). The number of halogens is 3. The Morgan fingerprint density at radius 3 is 2.72 bits per heavy atom. The molecule has 0 aliphatic carbocycles. The van der Waals surface area contributed by atoms with Gasteiger partial charge in [0.2, 0.25) is 5.91 Å². The van der Waals surface area contributed by atoms with Gasteiger partial charge >= 0.3 is 0 Å².